The van der Waals surface area contributed by atoms with Gasteiger partial charge in [-0.15, -0.1) is 0 Å². The molecule has 2 N–H and O–H groups in total. The smallest absolute Gasteiger partial charge is 0.137 e. The first kappa shape index (κ1) is 10.2. The second-order valence-electron chi connectivity index (χ2n) is 3.73. The van der Waals surface area contributed by atoms with E-state index in [9.17, 15) is 0 Å². The summed E-state index contributed by atoms with van der Waals surface area (Å²) in [6, 6.07) is 11.1. The minimum absolute atomic E-state index is 0.489. The lowest BCUT2D eigenvalue weighted by atomic mass is 10.2. The highest BCUT2D eigenvalue weighted by molar-refractivity contribution is 6.35. The van der Waals surface area contributed by atoms with Crippen LogP contribution in [-0.4, -0.2) is 4.98 Å². The number of benzene rings is 1. The fourth-order valence-corrected chi connectivity index (χ4v) is 1.94. The molecule has 0 amide bonds. The lowest BCUT2D eigenvalue weighted by Crippen LogP contribution is -1.88. The fourth-order valence-electron chi connectivity index (χ4n) is 1.72. The Morgan fingerprint density at radius 3 is 2.76 bits per heavy atom. The zero-order valence-electron chi connectivity index (χ0n) is 8.85. The van der Waals surface area contributed by atoms with Crippen LogP contribution in [0.3, 0.4) is 0 Å². The van der Waals surface area contributed by atoms with Gasteiger partial charge >= 0.3 is 0 Å². The second-order valence-corrected chi connectivity index (χ2v) is 4.14. The first-order chi connectivity index (χ1) is 8.24. The molecular formula is C13H9ClN2O. The van der Waals surface area contributed by atoms with E-state index in [4.69, 9.17) is 21.8 Å². The minimum atomic E-state index is 0.489. The number of hydrogen-bond donors (Lipinski definition) is 1. The SMILES string of the molecule is Nc1ccc(-c2cc3c(Cl)cccc3o2)cn1. The van der Waals surface area contributed by atoms with Crippen molar-refractivity contribution < 1.29 is 4.42 Å². The number of nitrogens with zero attached hydrogens (tertiary/aromatic N) is 1. The Kier molecular flexibility index (Phi) is 2.27. The first-order valence-electron chi connectivity index (χ1n) is 5.14. The maximum absolute atomic E-state index is 6.09. The quantitative estimate of drug-likeness (QED) is 0.710. The molecule has 3 aromatic rings. The van der Waals surface area contributed by atoms with E-state index in [2.05, 4.69) is 4.98 Å². The molecule has 0 saturated carbocycles. The number of rotatable bonds is 1. The molecule has 0 fully saturated rings. The number of halogens is 1. The van der Waals surface area contributed by atoms with Gasteiger partial charge in [-0.1, -0.05) is 17.7 Å². The van der Waals surface area contributed by atoms with Crippen LogP contribution in [0.5, 0.6) is 0 Å². The molecule has 0 aliphatic carbocycles. The number of anilines is 1. The van der Waals surface area contributed by atoms with Gasteiger partial charge in [-0.3, -0.25) is 0 Å². The Labute approximate surface area is 103 Å². The van der Waals surface area contributed by atoms with Crippen molar-refractivity contribution in [2.45, 2.75) is 0 Å². The Bertz CT molecular complexity index is 673. The minimum Gasteiger partial charge on any atom is -0.456 e. The molecule has 0 saturated heterocycles. The summed E-state index contributed by atoms with van der Waals surface area (Å²) in [6.07, 6.45) is 1.68. The van der Waals surface area contributed by atoms with Gasteiger partial charge in [-0.2, -0.15) is 0 Å². The van der Waals surface area contributed by atoms with E-state index in [1.54, 1.807) is 12.3 Å². The van der Waals surface area contributed by atoms with Crippen LogP contribution in [0.2, 0.25) is 5.02 Å². The summed E-state index contributed by atoms with van der Waals surface area (Å²) >= 11 is 6.09. The summed E-state index contributed by atoms with van der Waals surface area (Å²) < 4.78 is 5.71. The molecule has 84 valence electrons. The van der Waals surface area contributed by atoms with Gasteiger partial charge < -0.3 is 10.2 Å². The average Bonchev–Trinajstić information content (AvgIpc) is 2.75. The average molecular weight is 245 g/mol. The number of pyridine rings is 1. The number of fused-ring (bicyclic) bond motifs is 1. The molecule has 4 heteroatoms. The molecule has 0 radical (unpaired) electrons. The third kappa shape index (κ3) is 1.74. The van der Waals surface area contributed by atoms with Crippen LogP contribution in [0, 0.1) is 0 Å². The summed E-state index contributed by atoms with van der Waals surface area (Å²) in [5, 5.41) is 1.59. The monoisotopic (exact) mass is 244 g/mol. The van der Waals surface area contributed by atoms with E-state index in [0.717, 1.165) is 22.3 Å². The number of nitrogens with two attached hydrogens (primary N) is 1. The molecule has 0 aliphatic heterocycles. The molecular weight excluding hydrogens is 236 g/mol. The van der Waals surface area contributed by atoms with Crippen molar-refractivity contribution >= 4 is 28.4 Å². The highest BCUT2D eigenvalue weighted by Gasteiger charge is 2.08. The Hall–Kier alpha value is -2.00. The summed E-state index contributed by atoms with van der Waals surface area (Å²) in [5.74, 6) is 1.23. The van der Waals surface area contributed by atoms with Gasteiger partial charge in [-0.25, -0.2) is 4.98 Å². The normalized spacial score (nSPS) is 10.9. The molecule has 3 rings (SSSR count). The van der Waals surface area contributed by atoms with Crippen molar-refractivity contribution in [2.75, 3.05) is 5.73 Å². The van der Waals surface area contributed by atoms with Gasteiger partial charge in [0.25, 0.3) is 0 Å². The molecule has 0 bridgehead atoms. The first-order valence-corrected chi connectivity index (χ1v) is 5.52. The molecule has 17 heavy (non-hydrogen) atoms. The van der Waals surface area contributed by atoms with Gasteiger partial charge in [-0.05, 0) is 30.3 Å². The van der Waals surface area contributed by atoms with Crippen LogP contribution in [0.15, 0.2) is 47.0 Å². The largest absolute Gasteiger partial charge is 0.456 e. The highest BCUT2D eigenvalue weighted by atomic mass is 35.5. The predicted molar refractivity (Wildman–Crippen MR) is 68.9 cm³/mol. The third-order valence-electron chi connectivity index (χ3n) is 2.58. The fraction of sp³-hybridized carbons (Fsp3) is 0. The Morgan fingerprint density at radius 2 is 2.06 bits per heavy atom. The van der Waals surface area contributed by atoms with Crippen molar-refractivity contribution in [3.8, 4) is 11.3 Å². The molecule has 3 nitrogen and oxygen atoms in total. The van der Waals surface area contributed by atoms with Crippen LogP contribution in [-0.2, 0) is 0 Å². The van der Waals surface area contributed by atoms with E-state index in [-0.39, 0.29) is 0 Å². The van der Waals surface area contributed by atoms with E-state index >= 15 is 0 Å². The van der Waals surface area contributed by atoms with E-state index < -0.39 is 0 Å². The predicted octanol–water partition coefficient (Wildman–Crippen LogP) is 3.73. The van der Waals surface area contributed by atoms with Crippen LogP contribution >= 0.6 is 11.6 Å². The van der Waals surface area contributed by atoms with E-state index in [0.29, 0.717) is 10.8 Å². The zero-order valence-corrected chi connectivity index (χ0v) is 9.61. The zero-order chi connectivity index (χ0) is 11.8. The molecule has 1 aromatic carbocycles. The van der Waals surface area contributed by atoms with Crippen molar-refractivity contribution in [2.24, 2.45) is 0 Å². The summed E-state index contributed by atoms with van der Waals surface area (Å²) in [7, 11) is 0. The summed E-state index contributed by atoms with van der Waals surface area (Å²) in [5.41, 5.74) is 7.19. The van der Waals surface area contributed by atoms with Crippen molar-refractivity contribution in [1.82, 2.24) is 4.98 Å². The number of furan rings is 1. The molecule has 0 atom stereocenters. The maximum atomic E-state index is 6.09. The van der Waals surface area contributed by atoms with Crippen molar-refractivity contribution in [1.29, 1.82) is 0 Å². The second kappa shape index (κ2) is 3.79. The van der Waals surface area contributed by atoms with Gasteiger partial charge in [0.05, 0.1) is 5.02 Å². The molecule has 2 aromatic heterocycles. The van der Waals surface area contributed by atoms with Crippen LogP contribution < -0.4 is 5.73 Å². The number of hydrogen-bond acceptors (Lipinski definition) is 3. The standard InChI is InChI=1S/C13H9ClN2O/c14-10-2-1-3-11-9(10)6-12(17-11)8-4-5-13(15)16-7-8/h1-7H,(H2,15,16). The molecule has 0 aliphatic rings. The molecule has 0 unspecified atom stereocenters. The lowest BCUT2D eigenvalue weighted by molar-refractivity contribution is 0.631. The maximum Gasteiger partial charge on any atom is 0.137 e. The van der Waals surface area contributed by atoms with Crippen LogP contribution in [0.1, 0.15) is 0 Å². The van der Waals surface area contributed by atoms with Crippen molar-refractivity contribution in [3.63, 3.8) is 0 Å². The topological polar surface area (TPSA) is 52.0 Å². The van der Waals surface area contributed by atoms with E-state index in [1.807, 2.05) is 30.3 Å². The number of aromatic nitrogens is 1. The van der Waals surface area contributed by atoms with Gasteiger partial charge in [0.15, 0.2) is 0 Å². The molecule has 2 heterocycles. The van der Waals surface area contributed by atoms with Gasteiger partial charge in [0, 0.05) is 17.1 Å². The van der Waals surface area contributed by atoms with Gasteiger partial charge in [0.1, 0.15) is 17.2 Å². The van der Waals surface area contributed by atoms with Crippen LogP contribution in [0.4, 0.5) is 5.82 Å². The van der Waals surface area contributed by atoms with Crippen LogP contribution in [0.25, 0.3) is 22.3 Å². The van der Waals surface area contributed by atoms with Gasteiger partial charge in [0.2, 0.25) is 0 Å². The lowest BCUT2D eigenvalue weighted by Gasteiger charge is -1.95. The third-order valence-corrected chi connectivity index (χ3v) is 2.91. The highest BCUT2D eigenvalue weighted by Crippen LogP contribution is 2.31. The Morgan fingerprint density at radius 1 is 1.18 bits per heavy atom. The Balaban J connectivity index is 2.18. The molecule has 0 spiro atoms. The summed E-state index contributed by atoms with van der Waals surface area (Å²) in [6.45, 7) is 0. The summed E-state index contributed by atoms with van der Waals surface area (Å²) in [4.78, 5) is 4.03. The van der Waals surface area contributed by atoms with Crippen molar-refractivity contribution in [3.05, 3.63) is 47.6 Å². The van der Waals surface area contributed by atoms with E-state index in [1.165, 1.54) is 0 Å². The number of nitrogen functional groups attached to an aromatic ring is 1.